The molecule has 0 radical (unpaired) electrons. The number of halogens is 1. The lowest BCUT2D eigenvalue weighted by molar-refractivity contribution is -0.113. The van der Waals surface area contributed by atoms with Gasteiger partial charge < -0.3 is 10.6 Å². The summed E-state index contributed by atoms with van der Waals surface area (Å²) in [5.41, 5.74) is 1.71. The molecule has 2 N–H and O–H groups in total. The Bertz CT molecular complexity index is 1050. The Morgan fingerprint density at radius 3 is 2.43 bits per heavy atom. The maximum absolute atomic E-state index is 14.0. The van der Waals surface area contributed by atoms with Gasteiger partial charge in [-0.3, -0.25) is 9.59 Å². The zero-order valence-corrected chi connectivity index (χ0v) is 16.4. The zero-order valence-electron chi connectivity index (χ0n) is 15.6. The van der Waals surface area contributed by atoms with Crippen LogP contribution >= 0.6 is 0 Å². The van der Waals surface area contributed by atoms with E-state index in [0.29, 0.717) is 0 Å². The van der Waals surface area contributed by atoms with E-state index in [9.17, 15) is 22.4 Å². The monoisotopic (exact) mass is 404 g/mol. The second-order valence-corrected chi connectivity index (χ2v) is 9.34. The highest BCUT2D eigenvalue weighted by atomic mass is 32.2. The summed E-state index contributed by atoms with van der Waals surface area (Å²) in [4.78, 5) is 24.5. The Labute approximate surface area is 163 Å². The predicted molar refractivity (Wildman–Crippen MR) is 104 cm³/mol. The quantitative estimate of drug-likeness (QED) is 0.774. The molecule has 0 aromatic heterocycles. The summed E-state index contributed by atoms with van der Waals surface area (Å²) >= 11 is 0. The number of carbonyl (C=O) groups is 2. The SMILES string of the molecule is Cc1ccccc1C1(NC(=O)c2cc(F)cc(NC(=O)CS(C)(=O)=O)c2)CC1. The van der Waals surface area contributed by atoms with Gasteiger partial charge in [0.05, 0.1) is 5.54 Å². The second kappa shape index (κ2) is 7.35. The number of aryl methyl sites for hydroxylation is 1. The van der Waals surface area contributed by atoms with Gasteiger partial charge in [-0.1, -0.05) is 24.3 Å². The summed E-state index contributed by atoms with van der Waals surface area (Å²) in [6, 6.07) is 11.2. The Balaban J connectivity index is 1.78. The molecule has 148 valence electrons. The van der Waals surface area contributed by atoms with Crippen molar-refractivity contribution in [2.24, 2.45) is 0 Å². The van der Waals surface area contributed by atoms with Crippen molar-refractivity contribution in [3.8, 4) is 0 Å². The number of sulfone groups is 1. The Kier molecular flexibility index (Phi) is 5.25. The molecule has 2 aromatic rings. The van der Waals surface area contributed by atoms with E-state index in [1.54, 1.807) is 0 Å². The molecule has 3 rings (SSSR count). The van der Waals surface area contributed by atoms with Crippen LogP contribution in [0.25, 0.3) is 0 Å². The third-order valence-electron chi connectivity index (χ3n) is 4.60. The number of carbonyl (C=O) groups excluding carboxylic acids is 2. The number of hydrogen-bond donors (Lipinski definition) is 2. The predicted octanol–water partition coefficient (Wildman–Crippen LogP) is 2.54. The average molecular weight is 404 g/mol. The third-order valence-corrected chi connectivity index (χ3v) is 5.39. The van der Waals surface area contributed by atoms with Gasteiger partial charge >= 0.3 is 0 Å². The molecule has 0 heterocycles. The lowest BCUT2D eigenvalue weighted by atomic mass is 9.99. The van der Waals surface area contributed by atoms with Crippen molar-refractivity contribution in [2.45, 2.75) is 25.3 Å². The number of benzene rings is 2. The Hall–Kier alpha value is -2.74. The smallest absolute Gasteiger partial charge is 0.252 e. The summed E-state index contributed by atoms with van der Waals surface area (Å²) in [6.45, 7) is 1.97. The van der Waals surface area contributed by atoms with Gasteiger partial charge in [0.15, 0.2) is 9.84 Å². The van der Waals surface area contributed by atoms with Crippen LogP contribution in [0.3, 0.4) is 0 Å². The molecule has 0 atom stereocenters. The van der Waals surface area contributed by atoms with Gasteiger partial charge in [-0.25, -0.2) is 12.8 Å². The van der Waals surface area contributed by atoms with Crippen molar-refractivity contribution < 1.29 is 22.4 Å². The largest absolute Gasteiger partial charge is 0.343 e. The number of anilines is 1. The maximum Gasteiger partial charge on any atom is 0.252 e. The van der Waals surface area contributed by atoms with Crippen molar-refractivity contribution in [3.05, 3.63) is 65.0 Å². The third kappa shape index (κ3) is 4.75. The molecule has 1 aliphatic carbocycles. The maximum atomic E-state index is 14.0. The summed E-state index contributed by atoms with van der Waals surface area (Å²) in [5.74, 6) is -2.68. The molecule has 8 heteroatoms. The molecule has 0 spiro atoms. The number of amides is 2. The van der Waals surface area contributed by atoms with Gasteiger partial charge in [0, 0.05) is 17.5 Å². The van der Waals surface area contributed by atoms with E-state index in [1.807, 2.05) is 31.2 Å². The summed E-state index contributed by atoms with van der Waals surface area (Å²) in [6.07, 6.45) is 2.51. The van der Waals surface area contributed by atoms with Crippen molar-refractivity contribution in [1.29, 1.82) is 0 Å². The zero-order chi connectivity index (χ0) is 20.5. The minimum absolute atomic E-state index is 0.0274. The van der Waals surface area contributed by atoms with E-state index in [0.717, 1.165) is 42.4 Å². The number of hydrogen-bond acceptors (Lipinski definition) is 4. The molecule has 6 nitrogen and oxygen atoms in total. The van der Waals surface area contributed by atoms with Crippen LogP contribution in [0.2, 0.25) is 0 Å². The molecule has 1 aliphatic rings. The van der Waals surface area contributed by atoms with Crippen LogP contribution in [0, 0.1) is 12.7 Å². The minimum atomic E-state index is -3.52. The fraction of sp³-hybridized carbons (Fsp3) is 0.300. The average Bonchev–Trinajstić information content (AvgIpc) is 3.33. The van der Waals surface area contributed by atoms with Crippen molar-refractivity contribution in [3.63, 3.8) is 0 Å². The van der Waals surface area contributed by atoms with E-state index in [2.05, 4.69) is 10.6 Å². The standard InChI is InChI=1S/C20H21FN2O4S/c1-13-5-3-4-6-17(13)20(7-8-20)23-19(25)14-9-15(21)11-16(10-14)22-18(24)12-28(2,26)27/h3-6,9-11H,7-8,12H2,1-2H3,(H,22,24)(H,23,25). The molecule has 0 unspecified atom stereocenters. The van der Waals surface area contributed by atoms with Crippen LogP contribution in [0.15, 0.2) is 42.5 Å². The van der Waals surface area contributed by atoms with Gasteiger partial charge in [0.1, 0.15) is 11.6 Å². The first kappa shape index (κ1) is 20.0. The second-order valence-electron chi connectivity index (χ2n) is 7.20. The highest BCUT2D eigenvalue weighted by molar-refractivity contribution is 7.91. The van der Waals surface area contributed by atoms with Gasteiger partial charge in [0.2, 0.25) is 5.91 Å². The molecular weight excluding hydrogens is 383 g/mol. The molecular formula is C20H21FN2O4S. The molecule has 0 saturated heterocycles. The molecule has 28 heavy (non-hydrogen) atoms. The minimum Gasteiger partial charge on any atom is -0.343 e. The molecule has 1 fully saturated rings. The van der Waals surface area contributed by atoms with Crippen molar-refractivity contribution in [1.82, 2.24) is 5.32 Å². The van der Waals surface area contributed by atoms with Crippen molar-refractivity contribution >= 4 is 27.3 Å². The van der Waals surface area contributed by atoms with Crippen LogP contribution in [-0.4, -0.2) is 32.2 Å². The first-order valence-corrected chi connectivity index (χ1v) is 10.8. The summed E-state index contributed by atoms with van der Waals surface area (Å²) in [5, 5.41) is 5.29. The molecule has 1 saturated carbocycles. The van der Waals surface area contributed by atoms with Gasteiger partial charge in [-0.05, 0) is 49.1 Å². The Morgan fingerprint density at radius 1 is 1.14 bits per heavy atom. The Morgan fingerprint density at radius 2 is 1.82 bits per heavy atom. The summed E-state index contributed by atoms with van der Waals surface area (Å²) in [7, 11) is -3.52. The van der Waals surface area contributed by atoms with Gasteiger partial charge in [-0.2, -0.15) is 0 Å². The molecule has 0 aliphatic heterocycles. The first-order chi connectivity index (χ1) is 13.1. The lowest BCUT2D eigenvalue weighted by Gasteiger charge is -2.20. The van der Waals surface area contributed by atoms with Crippen LogP contribution in [-0.2, 0) is 20.2 Å². The molecule has 2 aromatic carbocycles. The first-order valence-electron chi connectivity index (χ1n) is 8.75. The lowest BCUT2D eigenvalue weighted by Crippen LogP contribution is -2.35. The van der Waals surface area contributed by atoms with Crippen LogP contribution < -0.4 is 10.6 Å². The molecule has 0 bridgehead atoms. The number of nitrogens with one attached hydrogen (secondary N) is 2. The van der Waals surface area contributed by atoms with Gasteiger partial charge in [0.25, 0.3) is 5.91 Å². The highest BCUT2D eigenvalue weighted by Gasteiger charge is 2.46. The normalized spacial score (nSPS) is 15.0. The highest BCUT2D eigenvalue weighted by Crippen LogP contribution is 2.46. The van der Waals surface area contributed by atoms with Crippen LogP contribution in [0.5, 0.6) is 0 Å². The molecule has 2 amide bonds. The summed E-state index contributed by atoms with van der Waals surface area (Å²) < 4.78 is 36.4. The number of rotatable bonds is 6. The van der Waals surface area contributed by atoms with E-state index in [4.69, 9.17) is 0 Å². The van der Waals surface area contributed by atoms with E-state index in [1.165, 1.54) is 6.07 Å². The fourth-order valence-electron chi connectivity index (χ4n) is 3.21. The van der Waals surface area contributed by atoms with E-state index in [-0.39, 0.29) is 11.3 Å². The fourth-order valence-corrected chi connectivity index (χ4v) is 3.76. The van der Waals surface area contributed by atoms with Crippen LogP contribution in [0.4, 0.5) is 10.1 Å². The van der Waals surface area contributed by atoms with E-state index < -0.39 is 38.8 Å². The van der Waals surface area contributed by atoms with Crippen molar-refractivity contribution in [2.75, 3.05) is 17.3 Å². The topological polar surface area (TPSA) is 92.3 Å². The van der Waals surface area contributed by atoms with Gasteiger partial charge in [-0.15, -0.1) is 0 Å². The van der Waals surface area contributed by atoms with Crippen LogP contribution in [0.1, 0.15) is 34.3 Å². The van der Waals surface area contributed by atoms with E-state index >= 15 is 0 Å².